The van der Waals surface area contributed by atoms with E-state index in [4.69, 9.17) is 0 Å². The summed E-state index contributed by atoms with van der Waals surface area (Å²) in [5.41, 5.74) is 6.70. The number of nitrogens with zero attached hydrogens (tertiary/aromatic N) is 3. The molecule has 154 valence electrons. The first kappa shape index (κ1) is 19.1. The maximum Gasteiger partial charge on any atom is 0.255 e. The molecule has 0 radical (unpaired) electrons. The molecule has 0 saturated carbocycles. The highest BCUT2D eigenvalue weighted by molar-refractivity contribution is 5.94. The van der Waals surface area contributed by atoms with E-state index in [0.29, 0.717) is 24.2 Å². The summed E-state index contributed by atoms with van der Waals surface area (Å²) < 4.78 is 0. The third-order valence-electron chi connectivity index (χ3n) is 6.02. The van der Waals surface area contributed by atoms with Crippen molar-refractivity contribution in [3.05, 3.63) is 94.6 Å². The van der Waals surface area contributed by atoms with Gasteiger partial charge in [0.25, 0.3) is 5.91 Å². The van der Waals surface area contributed by atoms with Gasteiger partial charge in [-0.05, 0) is 60.1 Å². The van der Waals surface area contributed by atoms with Gasteiger partial charge < -0.3 is 15.5 Å². The highest BCUT2D eigenvalue weighted by Gasteiger charge is 2.34. The zero-order valence-corrected chi connectivity index (χ0v) is 17.3. The monoisotopic (exact) mass is 409 g/mol. The average molecular weight is 409 g/mol. The number of rotatable bonds is 4. The van der Waals surface area contributed by atoms with Crippen LogP contribution in [0.25, 0.3) is 5.57 Å². The Morgan fingerprint density at radius 3 is 2.90 bits per heavy atom. The fraction of sp³-hybridized carbons (Fsp3) is 0.240. The smallest absolute Gasteiger partial charge is 0.255 e. The van der Waals surface area contributed by atoms with Gasteiger partial charge in [-0.1, -0.05) is 12.1 Å². The first-order chi connectivity index (χ1) is 15.1. The first-order valence-corrected chi connectivity index (χ1v) is 10.5. The number of fused-ring (bicyclic) bond motifs is 1. The van der Waals surface area contributed by atoms with Gasteiger partial charge in [-0.25, -0.2) is 0 Å². The summed E-state index contributed by atoms with van der Waals surface area (Å²) in [5.74, 6) is 0.314. The minimum absolute atomic E-state index is 0.0280. The van der Waals surface area contributed by atoms with Crippen molar-refractivity contribution in [3.63, 3.8) is 0 Å². The van der Waals surface area contributed by atoms with Crippen molar-refractivity contribution in [3.8, 4) is 6.07 Å². The molecule has 1 unspecified atom stereocenters. The van der Waals surface area contributed by atoms with E-state index in [-0.39, 0.29) is 17.9 Å². The summed E-state index contributed by atoms with van der Waals surface area (Å²) in [5, 5.41) is 16.2. The maximum absolute atomic E-state index is 12.6. The Morgan fingerprint density at radius 2 is 2.13 bits per heavy atom. The summed E-state index contributed by atoms with van der Waals surface area (Å²) in [6.07, 6.45) is 8.08. The van der Waals surface area contributed by atoms with Crippen LogP contribution in [0.2, 0.25) is 0 Å². The Balaban J connectivity index is 1.30. The van der Waals surface area contributed by atoms with Crippen LogP contribution in [0.15, 0.2) is 72.2 Å². The number of aryl methyl sites for hydroxylation is 1. The van der Waals surface area contributed by atoms with E-state index in [2.05, 4.69) is 40.0 Å². The Morgan fingerprint density at radius 1 is 1.26 bits per heavy atom. The number of carbonyl (C=O) groups is 1. The third kappa shape index (κ3) is 3.71. The standard InChI is InChI=1S/C25H23N5O/c1-16-5-6-19(12-28-16)25(31)30-14-22(15-30)29-24-9-20(8-21-11-27-13-23(21)24)18-4-2-3-17(7-18)10-26/h2-9,11-12,22-23,27,29H,13-15H2,1H3. The van der Waals surface area contributed by atoms with Gasteiger partial charge in [-0.3, -0.25) is 9.78 Å². The largest absolute Gasteiger partial charge is 0.390 e. The summed E-state index contributed by atoms with van der Waals surface area (Å²) in [7, 11) is 0. The van der Waals surface area contributed by atoms with Crippen molar-refractivity contribution >= 4 is 11.5 Å². The molecule has 1 saturated heterocycles. The molecule has 3 heterocycles. The van der Waals surface area contributed by atoms with Crippen molar-refractivity contribution < 1.29 is 4.79 Å². The number of hydrogen-bond donors (Lipinski definition) is 2. The van der Waals surface area contributed by atoms with Gasteiger partial charge in [0.1, 0.15) is 0 Å². The van der Waals surface area contributed by atoms with E-state index >= 15 is 0 Å². The summed E-state index contributed by atoms with van der Waals surface area (Å²) in [6.45, 7) is 4.12. The van der Waals surface area contributed by atoms with Crippen LogP contribution >= 0.6 is 0 Å². The Kier molecular flexibility index (Phi) is 4.79. The van der Waals surface area contributed by atoms with Crippen LogP contribution in [0, 0.1) is 24.2 Å². The number of hydrogen-bond acceptors (Lipinski definition) is 5. The van der Waals surface area contributed by atoms with Gasteiger partial charge in [0.2, 0.25) is 0 Å². The minimum Gasteiger partial charge on any atom is -0.390 e. The molecule has 5 rings (SSSR count). The maximum atomic E-state index is 12.6. The Labute approximate surface area is 181 Å². The molecule has 1 amide bonds. The molecule has 1 aromatic carbocycles. The summed E-state index contributed by atoms with van der Waals surface area (Å²) in [4.78, 5) is 18.7. The zero-order chi connectivity index (χ0) is 21.4. The fourth-order valence-electron chi connectivity index (χ4n) is 4.26. The van der Waals surface area contributed by atoms with Crippen LogP contribution in [0.3, 0.4) is 0 Å². The molecule has 1 atom stereocenters. The number of nitrogens with one attached hydrogen (secondary N) is 2. The predicted octanol–water partition coefficient (Wildman–Crippen LogP) is 2.76. The van der Waals surface area contributed by atoms with E-state index in [1.165, 1.54) is 5.57 Å². The Bertz CT molecular complexity index is 1160. The minimum atomic E-state index is 0.0280. The Hall–Kier alpha value is -3.85. The predicted molar refractivity (Wildman–Crippen MR) is 119 cm³/mol. The van der Waals surface area contributed by atoms with Crippen LogP contribution in [-0.4, -0.2) is 41.5 Å². The second-order valence-corrected chi connectivity index (χ2v) is 8.24. The van der Waals surface area contributed by atoms with Gasteiger partial charge in [-0.15, -0.1) is 0 Å². The van der Waals surface area contributed by atoms with Crippen LogP contribution in [0.4, 0.5) is 0 Å². The van der Waals surface area contributed by atoms with Crippen molar-refractivity contribution in [2.45, 2.75) is 13.0 Å². The molecule has 2 N–H and O–H groups in total. The molecule has 0 bridgehead atoms. The molecular weight excluding hydrogens is 386 g/mol. The van der Waals surface area contributed by atoms with Gasteiger partial charge in [0, 0.05) is 49.3 Å². The second kappa shape index (κ2) is 7.77. The van der Waals surface area contributed by atoms with Gasteiger partial charge in [-0.2, -0.15) is 5.26 Å². The SMILES string of the molecule is Cc1ccc(C(=O)N2CC(NC3=CC(c4cccc(C#N)c4)=CC4=CNCC43)C2)cn1. The molecule has 2 aromatic rings. The normalized spacial score (nSPS) is 19.8. The lowest BCUT2D eigenvalue weighted by atomic mass is 9.87. The molecule has 1 aliphatic carbocycles. The first-order valence-electron chi connectivity index (χ1n) is 10.5. The molecule has 3 aliphatic rings. The lowest BCUT2D eigenvalue weighted by Crippen LogP contribution is -2.60. The van der Waals surface area contributed by atoms with E-state index < -0.39 is 0 Å². The molecule has 6 nitrogen and oxygen atoms in total. The zero-order valence-electron chi connectivity index (χ0n) is 17.3. The van der Waals surface area contributed by atoms with Crippen molar-refractivity contribution in [2.75, 3.05) is 19.6 Å². The number of pyridine rings is 1. The quantitative estimate of drug-likeness (QED) is 0.812. The number of carbonyl (C=O) groups excluding carboxylic acids is 1. The van der Waals surface area contributed by atoms with Crippen LogP contribution in [0.1, 0.15) is 27.2 Å². The number of nitriles is 1. The highest BCUT2D eigenvalue weighted by atomic mass is 16.2. The van der Waals surface area contributed by atoms with Crippen LogP contribution in [-0.2, 0) is 0 Å². The van der Waals surface area contributed by atoms with Crippen molar-refractivity contribution in [1.29, 1.82) is 5.26 Å². The molecule has 1 fully saturated rings. The van der Waals surface area contributed by atoms with E-state index in [0.717, 1.165) is 29.1 Å². The van der Waals surface area contributed by atoms with Crippen LogP contribution < -0.4 is 10.6 Å². The molecule has 1 aromatic heterocycles. The molecule has 2 aliphatic heterocycles. The number of allylic oxidation sites excluding steroid dienone is 3. The summed E-state index contributed by atoms with van der Waals surface area (Å²) >= 11 is 0. The molecule has 0 spiro atoms. The van der Waals surface area contributed by atoms with E-state index in [1.54, 1.807) is 6.20 Å². The van der Waals surface area contributed by atoms with Gasteiger partial charge >= 0.3 is 0 Å². The van der Waals surface area contributed by atoms with Crippen molar-refractivity contribution in [1.82, 2.24) is 20.5 Å². The molecule has 6 heteroatoms. The van der Waals surface area contributed by atoms with Gasteiger partial charge in [0.05, 0.1) is 23.2 Å². The lowest BCUT2D eigenvalue weighted by Gasteiger charge is -2.41. The number of amides is 1. The van der Waals surface area contributed by atoms with Crippen LogP contribution in [0.5, 0.6) is 0 Å². The highest BCUT2D eigenvalue weighted by Crippen LogP contribution is 2.34. The summed E-state index contributed by atoms with van der Waals surface area (Å²) in [6, 6.07) is 13.8. The van der Waals surface area contributed by atoms with Crippen molar-refractivity contribution in [2.24, 2.45) is 5.92 Å². The van der Waals surface area contributed by atoms with E-state index in [1.807, 2.05) is 48.2 Å². The number of likely N-dealkylation sites (tertiary alicyclic amines) is 1. The third-order valence-corrected chi connectivity index (χ3v) is 6.02. The topological polar surface area (TPSA) is 81.0 Å². The van der Waals surface area contributed by atoms with E-state index in [9.17, 15) is 10.1 Å². The average Bonchev–Trinajstić information content (AvgIpc) is 3.25. The second-order valence-electron chi connectivity index (χ2n) is 8.24. The number of benzene rings is 1. The fourth-order valence-corrected chi connectivity index (χ4v) is 4.26. The molecular formula is C25H23N5O. The van der Waals surface area contributed by atoms with Gasteiger partial charge in [0.15, 0.2) is 0 Å². The number of aromatic nitrogens is 1. The molecule has 31 heavy (non-hydrogen) atoms. The lowest BCUT2D eigenvalue weighted by molar-refractivity contribution is 0.0576.